The molecule has 1 amide bonds. The molecule has 0 spiro atoms. The second-order valence-corrected chi connectivity index (χ2v) is 9.36. The number of amides is 1. The monoisotopic (exact) mass is 471 g/mol. The number of para-hydroxylation sites is 2. The lowest BCUT2D eigenvalue weighted by Crippen LogP contribution is -2.46. The summed E-state index contributed by atoms with van der Waals surface area (Å²) in [6, 6.07) is 22.7. The molecule has 3 aromatic carbocycles. The standard InChI is InChI=1S/C29H30FN3O2/c1-33-26-11-3-2-10-25(26)32-27(33)12-15-31-28(34)29(13-16-35-17-14-29)20-21-6-4-7-22(18-21)23-8-5-9-24(30)19-23/h2-11,18-19H,12-17,20H2,1H3,(H,31,34). The van der Waals surface area contributed by atoms with Crippen molar-refractivity contribution in [3.63, 3.8) is 0 Å². The third kappa shape index (κ3) is 4.98. The third-order valence-corrected chi connectivity index (χ3v) is 7.07. The molecule has 0 radical (unpaired) electrons. The van der Waals surface area contributed by atoms with Gasteiger partial charge in [0.2, 0.25) is 5.91 Å². The zero-order valence-electron chi connectivity index (χ0n) is 20.0. The SMILES string of the molecule is Cn1c(CCNC(=O)C2(Cc3cccc(-c4cccc(F)c4)c3)CCOCC2)nc2ccccc21. The lowest BCUT2D eigenvalue weighted by atomic mass is 9.74. The van der Waals surface area contributed by atoms with E-state index in [0.29, 0.717) is 45.4 Å². The first-order valence-corrected chi connectivity index (χ1v) is 12.2. The topological polar surface area (TPSA) is 56.2 Å². The van der Waals surface area contributed by atoms with Crippen LogP contribution in [0.15, 0.2) is 72.8 Å². The first-order valence-electron chi connectivity index (χ1n) is 12.2. The molecule has 1 N–H and O–H groups in total. The maximum absolute atomic E-state index is 13.7. The van der Waals surface area contributed by atoms with E-state index in [9.17, 15) is 9.18 Å². The number of aryl methyl sites for hydroxylation is 1. The van der Waals surface area contributed by atoms with Crippen LogP contribution >= 0.6 is 0 Å². The van der Waals surface area contributed by atoms with E-state index >= 15 is 0 Å². The molecule has 6 heteroatoms. The molecule has 0 bridgehead atoms. The van der Waals surface area contributed by atoms with Crippen molar-refractivity contribution in [1.82, 2.24) is 14.9 Å². The predicted octanol–water partition coefficient (Wildman–Crippen LogP) is 5.08. The number of aromatic nitrogens is 2. The van der Waals surface area contributed by atoms with Gasteiger partial charge in [-0.3, -0.25) is 4.79 Å². The minimum atomic E-state index is -0.523. The number of nitrogens with one attached hydrogen (secondary N) is 1. The normalized spacial score (nSPS) is 15.3. The summed E-state index contributed by atoms with van der Waals surface area (Å²) in [5.74, 6) is 0.764. The van der Waals surface area contributed by atoms with Crippen LogP contribution in [0.2, 0.25) is 0 Å². The second kappa shape index (κ2) is 10.0. The van der Waals surface area contributed by atoms with E-state index in [0.717, 1.165) is 33.5 Å². The van der Waals surface area contributed by atoms with Crippen molar-refractivity contribution in [3.8, 4) is 11.1 Å². The van der Waals surface area contributed by atoms with Crippen molar-refractivity contribution in [3.05, 3.63) is 90.0 Å². The lowest BCUT2D eigenvalue weighted by Gasteiger charge is -2.36. The fourth-order valence-corrected chi connectivity index (χ4v) is 5.06. The summed E-state index contributed by atoms with van der Waals surface area (Å²) in [4.78, 5) is 18.2. The number of hydrogen-bond donors (Lipinski definition) is 1. The Bertz CT molecular complexity index is 1340. The molecule has 1 saturated heterocycles. The van der Waals surface area contributed by atoms with Gasteiger partial charge in [-0.05, 0) is 60.2 Å². The zero-order valence-corrected chi connectivity index (χ0v) is 20.0. The Hall–Kier alpha value is -3.51. The number of halogens is 1. The summed E-state index contributed by atoms with van der Waals surface area (Å²) in [6.07, 6.45) is 2.64. The van der Waals surface area contributed by atoms with Crippen LogP contribution in [0.1, 0.15) is 24.2 Å². The number of nitrogens with zero attached hydrogens (tertiary/aromatic N) is 2. The molecule has 35 heavy (non-hydrogen) atoms. The summed E-state index contributed by atoms with van der Waals surface area (Å²) >= 11 is 0. The van der Waals surface area contributed by atoms with Gasteiger partial charge in [0.15, 0.2) is 0 Å². The third-order valence-electron chi connectivity index (χ3n) is 7.07. The highest BCUT2D eigenvalue weighted by Gasteiger charge is 2.40. The summed E-state index contributed by atoms with van der Waals surface area (Å²) in [5, 5.41) is 3.19. The average Bonchev–Trinajstić information content (AvgIpc) is 3.20. The number of carbonyl (C=O) groups is 1. The molecular weight excluding hydrogens is 441 g/mol. The van der Waals surface area contributed by atoms with Crippen LogP contribution in [0, 0.1) is 11.2 Å². The Labute approximate surface area is 205 Å². The van der Waals surface area contributed by atoms with Crippen molar-refractivity contribution in [2.24, 2.45) is 12.5 Å². The quantitative estimate of drug-likeness (QED) is 0.409. The van der Waals surface area contributed by atoms with Gasteiger partial charge >= 0.3 is 0 Å². The molecular formula is C29H30FN3O2. The number of hydrogen-bond acceptors (Lipinski definition) is 3. The van der Waals surface area contributed by atoms with Crippen LogP contribution in [0.3, 0.4) is 0 Å². The minimum absolute atomic E-state index is 0.0655. The van der Waals surface area contributed by atoms with Crippen LogP contribution in [0.5, 0.6) is 0 Å². The van der Waals surface area contributed by atoms with E-state index in [2.05, 4.69) is 22.0 Å². The summed E-state index contributed by atoms with van der Waals surface area (Å²) in [6.45, 7) is 1.67. The van der Waals surface area contributed by atoms with Crippen LogP contribution in [-0.4, -0.2) is 35.2 Å². The van der Waals surface area contributed by atoms with E-state index in [1.807, 2.05) is 49.5 Å². The molecule has 4 aromatic rings. The molecule has 0 aliphatic carbocycles. The minimum Gasteiger partial charge on any atom is -0.381 e. The van der Waals surface area contributed by atoms with Crippen molar-refractivity contribution >= 4 is 16.9 Å². The van der Waals surface area contributed by atoms with Gasteiger partial charge in [0.05, 0.1) is 16.4 Å². The molecule has 2 heterocycles. The van der Waals surface area contributed by atoms with Crippen molar-refractivity contribution < 1.29 is 13.9 Å². The van der Waals surface area contributed by atoms with Gasteiger partial charge in [0.25, 0.3) is 0 Å². The smallest absolute Gasteiger partial charge is 0.226 e. The number of carbonyl (C=O) groups excluding carboxylic acids is 1. The highest BCUT2D eigenvalue weighted by molar-refractivity contribution is 5.83. The molecule has 0 saturated carbocycles. The van der Waals surface area contributed by atoms with Crippen LogP contribution < -0.4 is 5.32 Å². The number of ether oxygens (including phenoxy) is 1. The van der Waals surface area contributed by atoms with Gasteiger partial charge < -0.3 is 14.6 Å². The molecule has 5 nitrogen and oxygen atoms in total. The fraction of sp³-hybridized carbons (Fsp3) is 0.310. The molecule has 1 aromatic heterocycles. The van der Waals surface area contributed by atoms with Crippen molar-refractivity contribution in [2.45, 2.75) is 25.7 Å². The molecule has 5 rings (SSSR count). The fourth-order valence-electron chi connectivity index (χ4n) is 5.06. The maximum atomic E-state index is 13.7. The van der Waals surface area contributed by atoms with E-state index in [1.165, 1.54) is 12.1 Å². The van der Waals surface area contributed by atoms with Crippen molar-refractivity contribution in [2.75, 3.05) is 19.8 Å². The second-order valence-electron chi connectivity index (χ2n) is 9.36. The zero-order chi connectivity index (χ0) is 24.3. The number of benzene rings is 3. The summed E-state index contributed by atoms with van der Waals surface area (Å²) < 4.78 is 21.4. The summed E-state index contributed by atoms with van der Waals surface area (Å²) in [5.41, 5.74) is 4.39. The molecule has 0 atom stereocenters. The Morgan fingerprint density at radius 1 is 1.03 bits per heavy atom. The number of rotatable bonds is 7. The Morgan fingerprint density at radius 2 is 1.77 bits per heavy atom. The number of imidazole rings is 1. The predicted molar refractivity (Wildman–Crippen MR) is 135 cm³/mol. The van der Waals surface area contributed by atoms with E-state index in [4.69, 9.17) is 9.72 Å². The molecule has 1 fully saturated rings. The van der Waals surface area contributed by atoms with Gasteiger partial charge in [-0.15, -0.1) is 0 Å². The van der Waals surface area contributed by atoms with Crippen LogP contribution in [-0.2, 0) is 29.4 Å². The maximum Gasteiger partial charge on any atom is 0.226 e. The largest absolute Gasteiger partial charge is 0.381 e. The highest BCUT2D eigenvalue weighted by atomic mass is 19.1. The van der Waals surface area contributed by atoms with Gasteiger partial charge in [-0.1, -0.05) is 48.5 Å². The Kier molecular flexibility index (Phi) is 6.64. The first kappa shape index (κ1) is 23.2. The molecule has 180 valence electrons. The Morgan fingerprint density at radius 3 is 2.54 bits per heavy atom. The molecule has 0 unspecified atom stereocenters. The van der Waals surface area contributed by atoms with Gasteiger partial charge in [-0.25, -0.2) is 9.37 Å². The van der Waals surface area contributed by atoms with Gasteiger partial charge in [0.1, 0.15) is 11.6 Å². The molecule has 1 aliphatic heterocycles. The summed E-state index contributed by atoms with van der Waals surface area (Å²) in [7, 11) is 2.01. The molecule has 1 aliphatic rings. The van der Waals surface area contributed by atoms with E-state index < -0.39 is 5.41 Å². The average molecular weight is 472 g/mol. The van der Waals surface area contributed by atoms with Gasteiger partial charge in [-0.2, -0.15) is 0 Å². The van der Waals surface area contributed by atoms with E-state index in [-0.39, 0.29) is 11.7 Å². The van der Waals surface area contributed by atoms with E-state index in [1.54, 1.807) is 6.07 Å². The van der Waals surface area contributed by atoms with Crippen LogP contribution in [0.4, 0.5) is 4.39 Å². The highest BCUT2D eigenvalue weighted by Crippen LogP contribution is 2.36. The van der Waals surface area contributed by atoms with Crippen molar-refractivity contribution in [1.29, 1.82) is 0 Å². The Balaban J connectivity index is 1.30. The lowest BCUT2D eigenvalue weighted by molar-refractivity contribution is -0.136. The van der Waals surface area contributed by atoms with Crippen LogP contribution in [0.25, 0.3) is 22.2 Å². The first-order chi connectivity index (χ1) is 17.0. The van der Waals surface area contributed by atoms with Gasteiger partial charge in [0, 0.05) is 33.2 Å². The number of fused-ring (bicyclic) bond motifs is 1.